The number of allylic oxidation sites excluding steroid dienone is 4. The van der Waals surface area contributed by atoms with Gasteiger partial charge in [0.2, 0.25) is 0 Å². The molecule has 1 N–H and O–H groups in total. The lowest BCUT2D eigenvalue weighted by Crippen LogP contribution is -2.14. The van der Waals surface area contributed by atoms with Gasteiger partial charge >= 0.3 is 5.63 Å². The molecule has 0 aliphatic heterocycles. The SMILES string of the molecule is Cc1c(C2=CC=CCC2=S)c(=O)oc2cc(O)ccc12. The first-order chi connectivity index (χ1) is 9.58. The summed E-state index contributed by atoms with van der Waals surface area (Å²) in [7, 11) is 0. The second-order valence-corrected chi connectivity index (χ2v) is 5.20. The fourth-order valence-electron chi connectivity index (χ4n) is 2.42. The Morgan fingerprint density at radius 1 is 1.35 bits per heavy atom. The molecule has 1 aliphatic rings. The van der Waals surface area contributed by atoms with Crippen molar-refractivity contribution in [2.24, 2.45) is 0 Å². The summed E-state index contributed by atoms with van der Waals surface area (Å²) in [6, 6.07) is 4.77. The molecule has 100 valence electrons. The highest BCUT2D eigenvalue weighted by molar-refractivity contribution is 7.81. The van der Waals surface area contributed by atoms with Crippen molar-refractivity contribution in [3.05, 3.63) is 58.0 Å². The molecular weight excluding hydrogens is 272 g/mol. The number of hydrogen-bond acceptors (Lipinski definition) is 4. The van der Waals surface area contributed by atoms with Gasteiger partial charge in [-0.15, -0.1) is 0 Å². The van der Waals surface area contributed by atoms with Crippen LogP contribution in [0.2, 0.25) is 0 Å². The molecule has 20 heavy (non-hydrogen) atoms. The number of fused-ring (bicyclic) bond motifs is 1. The minimum Gasteiger partial charge on any atom is -0.508 e. The Kier molecular flexibility index (Phi) is 3.03. The fraction of sp³-hybridized carbons (Fsp3) is 0.125. The largest absolute Gasteiger partial charge is 0.508 e. The zero-order chi connectivity index (χ0) is 14.3. The summed E-state index contributed by atoms with van der Waals surface area (Å²) in [5.74, 6) is 0.0723. The van der Waals surface area contributed by atoms with Crippen LogP contribution in [0, 0.1) is 6.92 Å². The van der Waals surface area contributed by atoms with E-state index in [9.17, 15) is 9.90 Å². The summed E-state index contributed by atoms with van der Waals surface area (Å²) in [5, 5.41) is 10.3. The molecule has 1 aromatic heterocycles. The molecule has 1 heterocycles. The van der Waals surface area contributed by atoms with Crippen LogP contribution in [0.3, 0.4) is 0 Å². The zero-order valence-corrected chi connectivity index (χ0v) is 11.7. The Labute approximate surface area is 120 Å². The first-order valence-electron chi connectivity index (χ1n) is 6.25. The maximum atomic E-state index is 12.2. The van der Waals surface area contributed by atoms with Gasteiger partial charge in [-0.1, -0.05) is 30.4 Å². The molecule has 0 saturated carbocycles. The van der Waals surface area contributed by atoms with E-state index in [-0.39, 0.29) is 5.75 Å². The van der Waals surface area contributed by atoms with Gasteiger partial charge in [-0.05, 0) is 24.6 Å². The van der Waals surface area contributed by atoms with Crippen LogP contribution in [0.25, 0.3) is 16.5 Å². The topological polar surface area (TPSA) is 50.4 Å². The highest BCUT2D eigenvalue weighted by Crippen LogP contribution is 2.28. The van der Waals surface area contributed by atoms with Gasteiger partial charge in [-0.25, -0.2) is 4.79 Å². The van der Waals surface area contributed by atoms with Crippen LogP contribution in [0.15, 0.2) is 45.6 Å². The van der Waals surface area contributed by atoms with Crippen molar-refractivity contribution < 1.29 is 9.52 Å². The average Bonchev–Trinajstić information content (AvgIpc) is 2.40. The van der Waals surface area contributed by atoms with Gasteiger partial charge in [0.05, 0.1) is 5.56 Å². The maximum Gasteiger partial charge on any atom is 0.344 e. The maximum absolute atomic E-state index is 12.2. The van der Waals surface area contributed by atoms with Crippen LogP contribution in [-0.2, 0) is 0 Å². The van der Waals surface area contributed by atoms with Gasteiger partial charge < -0.3 is 9.52 Å². The molecule has 0 bridgehead atoms. The first-order valence-corrected chi connectivity index (χ1v) is 6.65. The second-order valence-electron chi connectivity index (χ2n) is 4.71. The molecule has 0 fully saturated rings. The molecule has 0 unspecified atom stereocenters. The third-order valence-electron chi connectivity index (χ3n) is 3.42. The third-order valence-corrected chi connectivity index (χ3v) is 3.81. The van der Waals surface area contributed by atoms with E-state index in [0.29, 0.717) is 17.6 Å². The number of benzene rings is 1. The molecule has 0 amide bonds. The van der Waals surface area contributed by atoms with Crippen LogP contribution in [0.4, 0.5) is 0 Å². The van der Waals surface area contributed by atoms with Crippen molar-refractivity contribution in [1.29, 1.82) is 0 Å². The van der Waals surface area contributed by atoms with E-state index in [1.807, 2.05) is 25.2 Å². The zero-order valence-electron chi connectivity index (χ0n) is 10.8. The number of hydrogen-bond donors (Lipinski definition) is 1. The van der Waals surface area contributed by atoms with Crippen molar-refractivity contribution in [3.63, 3.8) is 0 Å². The van der Waals surface area contributed by atoms with Gasteiger partial charge in [-0.2, -0.15) is 0 Å². The lowest BCUT2D eigenvalue weighted by molar-refractivity contribution is 0.473. The smallest absolute Gasteiger partial charge is 0.344 e. The molecule has 0 saturated heterocycles. The van der Waals surface area contributed by atoms with Gasteiger partial charge in [0.25, 0.3) is 0 Å². The van der Waals surface area contributed by atoms with Crippen molar-refractivity contribution in [3.8, 4) is 5.75 Å². The summed E-state index contributed by atoms with van der Waals surface area (Å²) in [6.07, 6.45) is 6.36. The van der Waals surface area contributed by atoms with Crippen molar-refractivity contribution in [2.45, 2.75) is 13.3 Å². The number of aromatic hydroxyl groups is 1. The molecule has 3 nitrogen and oxygen atoms in total. The van der Waals surface area contributed by atoms with E-state index >= 15 is 0 Å². The van der Waals surface area contributed by atoms with Crippen LogP contribution in [-0.4, -0.2) is 9.97 Å². The average molecular weight is 284 g/mol. The van der Waals surface area contributed by atoms with E-state index in [1.165, 1.54) is 6.07 Å². The van der Waals surface area contributed by atoms with E-state index in [0.717, 1.165) is 21.4 Å². The number of phenols is 1. The summed E-state index contributed by atoms with van der Waals surface area (Å²) < 4.78 is 5.32. The molecule has 0 atom stereocenters. The number of aryl methyl sites for hydroxylation is 1. The number of thiocarbonyl (C=S) groups is 1. The lowest BCUT2D eigenvalue weighted by atomic mass is 9.93. The highest BCUT2D eigenvalue weighted by atomic mass is 32.1. The summed E-state index contributed by atoms with van der Waals surface area (Å²) in [4.78, 5) is 13.0. The Hall–Kier alpha value is -2.20. The predicted octanol–water partition coefficient (Wildman–Crippen LogP) is 3.52. The van der Waals surface area contributed by atoms with Gasteiger partial charge in [0.1, 0.15) is 11.3 Å². The molecular formula is C16H12O3S. The minimum atomic E-state index is -0.426. The van der Waals surface area contributed by atoms with Gasteiger partial charge in [0, 0.05) is 28.3 Å². The van der Waals surface area contributed by atoms with E-state index in [4.69, 9.17) is 16.6 Å². The number of rotatable bonds is 1. The van der Waals surface area contributed by atoms with Gasteiger partial charge in [-0.3, -0.25) is 0 Å². The van der Waals surface area contributed by atoms with Crippen LogP contribution >= 0.6 is 12.2 Å². The molecule has 2 aromatic rings. The fourth-order valence-corrected chi connectivity index (χ4v) is 2.69. The molecule has 1 aliphatic carbocycles. The second kappa shape index (κ2) is 4.72. The lowest BCUT2D eigenvalue weighted by Gasteiger charge is -2.13. The third kappa shape index (κ3) is 1.98. The first kappa shape index (κ1) is 12.8. The van der Waals surface area contributed by atoms with Crippen molar-refractivity contribution in [2.75, 3.05) is 0 Å². The Morgan fingerprint density at radius 2 is 2.15 bits per heavy atom. The van der Waals surface area contributed by atoms with Crippen LogP contribution in [0.1, 0.15) is 17.5 Å². The Balaban J connectivity index is 2.35. The monoisotopic (exact) mass is 284 g/mol. The Bertz CT molecular complexity index is 841. The number of phenolic OH excluding ortho intramolecular Hbond substituents is 1. The summed E-state index contributed by atoms with van der Waals surface area (Å²) >= 11 is 5.33. The highest BCUT2D eigenvalue weighted by Gasteiger charge is 2.18. The molecule has 1 aromatic carbocycles. The molecule has 3 rings (SSSR count). The van der Waals surface area contributed by atoms with Crippen molar-refractivity contribution in [1.82, 2.24) is 0 Å². The molecule has 0 spiro atoms. The van der Waals surface area contributed by atoms with E-state index in [1.54, 1.807) is 12.1 Å². The molecule has 4 heteroatoms. The standard InChI is InChI=1S/C16H12O3S/c1-9-11-7-6-10(17)8-13(11)19-16(18)15(9)12-4-2-3-5-14(12)20/h2-4,6-8,17H,5H2,1H3. The van der Waals surface area contributed by atoms with Gasteiger partial charge in [0.15, 0.2) is 0 Å². The minimum absolute atomic E-state index is 0.0723. The quantitative estimate of drug-likeness (QED) is 0.643. The summed E-state index contributed by atoms with van der Waals surface area (Å²) in [6.45, 7) is 1.87. The summed E-state index contributed by atoms with van der Waals surface area (Å²) in [5.41, 5.74) is 2.04. The van der Waals surface area contributed by atoms with Crippen LogP contribution in [0.5, 0.6) is 5.75 Å². The normalized spacial score (nSPS) is 14.7. The van der Waals surface area contributed by atoms with Crippen molar-refractivity contribution >= 4 is 33.6 Å². The predicted molar refractivity (Wildman–Crippen MR) is 83.2 cm³/mol. The Morgan fingerprint density at radius 3 is 2.90 bits per heavy atom. The molecule has 0 radical (unpaired) electrons. The van der Waals surface area contributed by atoms with E-state index in [2.05, 4.69) is 0 Å². The van der Waals surface area contributed by atoms with E-state index < -0.39 is 5.63 Å². The van der Waals surface area contributed by atoms with Crippen LogP contribution < -0.4 is 5.63 Å².